The molecule has 1 aliphatic rings. The van der Waals surface area contributed by atoms with Crippen LogP contribution in [-0.4, -0.2) is 28.0 Å². The highest BCUT2D eigenvalue weighted by Gasteiger charge is 2.38. The summed E-state index contributed by atoms with van der Waals surface area (Å²) in [4.78, 5) is 39.0. The predicted octanol–water partition coefficient (Wildman–Crippen LogP) is 1.03. The minimum absolute atomic E-state index is 0.0745. The Bertz CT molecular complexity index is 781. The van der Waals surface area contributed by atoms with Crippen molar-refractivity contribution in [2.24, 2.45) is 0 Å². The first kappa shape index (κ1) is 13.1. The molecule has 0 spiro atoms. The van der Waals surface area contributed by atoms with Crippen molar-refractivity contribution in [1.29, 1.82) is 0 Å². The summed E-state index contributed by atoms with van der Waals surface area (Å²) in [6, 6.07) is 10.3. The lowest BCUT2D eigenvalue weighted by molar-refractivity contribution is -0.138. The van der Waals surface area contributed by atoms with Crippen molar-refractivity contribution in [2.75, 3.05) is 4.90 Å². The van der Waals surface area contributed by atoms with Crippen LogP contribution in [0.1, 0.15) is 16.1 Å². The third-order valence-electron chi connectivity index (χ3n) is 3.48. The third kappa shape index (κ3) is 2.20. The van der Waals surface area contributed by atoms with Crippen LogP contribution in [0.25, 0.3) is 0 Å². The maximum absolute atomic E-state index is 12.6. The summed E-state index contributed by atoms with van der Waals surface area (Å²) in [6.45, 7) is 0. The van der Waals surface area contributed by atoms with E-state index >= 15 is 0 Å². The SMILES string of the molecule is O=C(O)[C@@H]1Cc2ccccc2N1C(=O)c1cccc(=O)[nH]1. The lowest BCUT2D eigenvalue weighted by Crippen LogP contribution is -2.43. The van der Waals surface area contributed by atoms with Gasteiger partial charge in [-0.25, -0.2) is 4.79 Å². The first-order chi connectivity index (χ1) is 10.1. The number of carbonyl (C=O) groups excluding carboxylic acids is 1. The molecule has 6 nitrogen and oxygen atoms in total. The quantitative estimate of drug-likeness (QED) is 0.861. The number of nitrogens with zero attached hydrogens (tertiary/aromatic N) is 1. The average Bonchev–Trinajstić information content (AvgIpc) is 2.86. The zero-order valence-corrected chi connectivity index (χ0v) is 10.9. The molecular weight excluding hydrogens is 272 g/mol. The summed E-state index contributed by atoms with van der Waals surface area (Å²) >= 11 is 0. The van der Waals surface area contributed by atoms with Gasteiger partial charge in [0.1, 0.15) is 11.7 Å². The van der Waals surface area contributed by atoms with Gasteiger partial charge in [-0.05, 0) is 17.7 Å². The van der Waals surface area contributed by atoms with E-state index in [9.17, 15) is 19.5 Å². The Kier molecular flexibility index (Phi) is 3.06. The number of amides is 1. The molecule has 0 aliphatic carbocycles. The molecule has 0 saturated carbocycles. The van der Waals surface area contributed by atoms with Gasteiger partial charge in [-0.1, -0.05) is 24.3 Å². The van der Waals surface area contributed by atoms with Crippen LogP contribution in [0.3, 0.4) is 0 Å². The van der Waals surface area contributed by atoms with Gasteiger partial charge in [0.25, 0.3) is 5.91 Å². The smallest absolute Gasteiger partial charge is 0.327 e. The van der Waals surface area contributed by atoms with Gasteiger partial charge >= 0.3 is 5.97 Å². The molecule has 106 valence electrons. The van der Waals surface area contributed by atoms with E-state index in [4.69, 9.17) is 0 Å². The topological polar surface area (TPSA) is 90.5 Å². The number of anilines is 1. The van der Waals surface area contributed by atoms with Crippen molar-refractivity contribution in [2.45, 2.75) is 12.5 Å². The van der Waals surface area contributed by atoms with E-state index in [1.165, 1.54) is 23.1 Å². The van der Waals surface area contributed by atoms with Crippen LogP contribution >= 0.6 is 0 Å². The summed E-state index contributed by atoms with van der Waals surface area (Å²) in [5.41, 5.74) is 1.04. The maximum atomic E-state index is 12.6. The average molecular weight is 284 g/mol. The predicted molar refractivity (Wildman–Crippen MR) is 75.4 cm³/mol. The minimum atomic E-state index is -1.07. The molecule has 2 aromatic rings. The Morgan fingerprint density at radius 1 is 1.14 bits per heavy atom. The van der Waals surface area contributed by atoms with Crippen LogP contribution < -0.4 is 10.5 Å². The second kappa shape index (κ2) is 4.90. The molecule has 0 saturated heterocycles. The minimum Gasteiger partial charge on any atom is -0.480 e. The lowest BCUT2D eigenvalue weighted by atomic mass is 10.1. The molecule has 0 unspecified atom stereocenters. The molecule has 1 atom stereocenters. The fourth-order valence-corrected chi connectivity index (χ4v) is 2.54. The molecule has 0 bridgehead atoms. The van der Waals surface area contributed by atoms with Crippen LogP contribution in [0.5, 0.6) is 0 Å². The molecule has 21 heavy (non-hydrogen) atoms. The summed E-state index contributed by atoms with van der Waals surface area (Å²) < 4.78 is 0. The number of aromatic amines is 1. The third-order valence-corrected chi connectivity index (χ3v) is 3.48. The van der Waals surface area contributed by atoms with Gasteiger partial charge < -0.3 is 10.1 Å². The van der Waals surface area contributed by atoms with Crippen LogP contribution in [0, 0.1) is 0 Å². The Balaban J connectivity index is 2.07. The number of carbonyl (C=O) groups is 2. The van der Waals surface area contributed by atoms with Crippen molar-refractivity contribution in [1.82, 2.24) is 4.98 Å². The number of aromatic nitrogens is 1. The van der Waals surface area contributed by atoms with E-state index in [0.29, 0.717) is 5.69 Å². The molecule has 6 heteroatoms. The van der Waals surface area contributed by atoms with Gasteiger partial charge in [0.05, 0.1) is 0 Å². The molecule has 2 heterocycles. The Hall–Kier alpha value is -2.89. The monoisotopic (exact) mass is 284 g/mol. The number of benzene rings is 1. The van der Waals surface area contributed by atoms with E-state index in [1.54, 1.807) is 24.3 Å². The van der Waals surface area contributed by atoms with Crippen LogP contribution in [0.15, 0.2) is 47.3 Å². The lowest BCUT2D eigenvalue weighted by Gasteiger charge is -2.22. The Labute approximate surface area is 119 Å². The number of carboxylic acids is 1. The van der Waals surface area contributed by atoms with Crippen LogP contribution in [-0.2, 0) is 11.2 Å². The molecule has 1 aromatic carbocycles. The van der Waals surface area contributed by atoms with E-state index in [1.807, 2.05) is 0 Å². The van der Waals surface area contributed by atoms with Crippen molar-refractivity contribution < 1.29 is 14.7 Å². The standard InChI is InChI=1S/C15H12N2O4/c18-13-7-3-5-10(16-13)14(19)17-11-6-2-1-4-9(11)8-12(17)15(20)21/h1-7,12H,8H2,(H,16,18)(H,20,21)/t12-/m0/s1. The zero-order chi connectivity index (χ0) is 15.0. The molecule has 3 rings (SSSR count). The van der Waals surface area contributed by atoms with E-state index in [0.717, 1.165) is 5.56 Å². The molecular formula is C15H12N2O4. The fraction of sp³-hybridized carbons (Fsp3) is 0.133. The molecule has 1 amide bonds. The van der Waals surface area contributed by atoms with Crippen molar-refractivity contribution in [3.05, 3.63) is 64.1 Å². The fourth-order valence-electron chi connectivity index (χ4n) is 2.54. The maximum Gasteiger partial charge on any atom is 0.327 e. The normalized spacial score (nSPS) is 16.6. The number of H-pyrrole nitrogens is 1. The van der Waals surface area contributed by atoms with Gasteiger partial charge in [0.2, 0.25) is 5.56 Å². The molecule has 0 radical (unpaired) electrons. The number of nitrogens with one attached hydrogen (secondary N) is 1. The zero-order valence-electron chi connectivity index (χ0n) is 10.9. The first-order valence-corrected chi connectivity index (χ1v) is 6.41. The number of carboxylic acid groups (broad SMARTS) is 1. The molecule has 0 fully saturated rings. The van der Waals surface area contributed by atoms with Crippen molar-refractivity contribution in [3.8, 4) is 0 Å². The number of aliphatic carboxylic acids is 1. The van der Waals surface area contributed by atoms with E-state index in [-0.39, 0.29) is 12.1 Å². The number of hydrogen-bond donors (Lipinski definition) is 2. The van der Waals surface area contributed by atoms with Gasteiger partial charge in [0.15, 0.2) is 0 Å². The second-order valence-electron chi connectivity index (χ2n) is 4.79. The summed E-state index contributed by atoms with van der Waals surface area (Å²) in [7, 11) is 0. The highest BCUT2D eigenvalue weighted by atomic mass is 16.4. The Morgan fingerprint density at radius 3 is 2.62 bits per heavy atom. The highest BCUT2D eigenvalue weighted by molar-refractivity contribution is 6.09. The summed E-state index contributed by atoms with van der Waals surface area (Å²) in [5, 5.41) is 9.34. The number of pyridine rings is 1. The molecule has 1 aliphatic heterocycles. The summed E-state index contributed by atoms with van der Waals surface area (Å²) in [6.07, 6.45) is 0.258. The van der Waals surface area contributed by atoms with Crippen LogP contribution in [0.4, 0.5) is 5.69 Å². The van der Waals surface area contributed by atoms with Crippen LogP contribution in [0.2, 0.25) is 0 Å². The number of fused-ring (bicyclic) bond motifs is 1. The van der Waals surface area contributed by atoms with Crippen molar-refractivity contribution >= 4 is 17.6 Å². The highest BCUT2D eigenvalue weighted by Crippen LogP contribution is 2.33. The van der Waals surface area contributed by atoms with Gasteiger partial charge in [-0.2, -0.15) is 0 Å². The number of rotatable bonds is 2. The molecule has 1 aromatic heterocycles. The molecule has 2 N–H and O–H groups in total. The number of hydrogen-bond acceptors (Lipinski definition) is 3. The summed E-state index contributed by atoms with van der Waals surface area (Å²) in [5.74, 6) is -1.59. The van der Waals surface area contributed by atoms with Crippen molar-refractivity contribution in [3.63, 3.8) is 0 Å². The van der Waals surface area contributed by atoms with E-state index < -0.39 is 23.5 Å². The van der Waals surface area contributed by atoms with E-state index in [2.05, 4.69) is 4.98 Å². The number of para-hydroxylation sites is 1. The first-order valence-electron chi connectivity index (χ1n) is 6.41. The largest absolute Gasteiger partial charge is 0.480 e. The van der Waals surface area contributed by atoms with Gasteiger partial charge in [0, 0.05) is 18.2 Å². The van der Waals surface area contributed by atoms with Gasteiger partial charge in [-0.3, -0.25) is 14.5 Å². The second-order valence-corrected chi connectivity index (χ2v) is 4.79. The Morgan fingerprint density at radius 2 is 1.90 bits per heavy atom. The van der Waals surface area contributed by atoms with Gasteiger partial charge in [-0.15, -0.1) is 0 Å².